The lowest BCUT2D eigenvalue weighted by atomic mass is 9.86. The standard InChI is InChI=1S/C18H22N6O2S.2BrH/c1-23(14-8-13(20)9-14)17-16-6-7-24(18(16)22-11-21-17)27(25,26)15-4-2-12(10-19)3-5-15;;/h2-7,11,13-14H,8-10,19-20H2,1H3;2*1H. The van der Waals surface area contributed by atoms with E-state index in [1.165, 1.54) is 16.5 Å². The zero-order chi connectivity index (χ0) is 19.2. The summed E-state index contributed by atoms with van der Waals surface area (Å²) in [5, 5.41) is 0.697. The Labute approximate surface area is 190 Å². The van der Waals surface area contributed by atoms with Gasteiger partial charge in [-0.1, -0.05) is 12.1 Å². The molecule has 4 rings (SSSR count). The highest BCUT2D eigenvalue weighted by Gasteiger charge is 2.31. The molecular weight excluding hydrogens is 524 g/mol. The first kappa shape index (κ1) is 23.7. The molecule has 1 saturated carbocycles. The van der Waals surface area contributed by atoms with E-state index in [9.17, 15) is 8.42 Å². The third-order valence-electron chi connectivity index (χ3n) is 5.17. The molecule has 0 atom stereocenters. The Kier molecular flexibility index (Phi) is 7.44. The predicted octanol–water partition coefficient (Wildman–Crippen LogP) is 2.21. The maximum Gasteiger partial charge on any atom is 0.269 e. The summed E-state index contributed by atoms with van der Waals surface area (Å²) in [6, 6.07) is 8.82. The Bertz CT molecular complexity index is 1080. The molecule has 0 amide bonds. The predicted molar refractivity (Wildman–Crippen MR) is 124 cm³/mol. The van der Waals surface area contributed by atoms with Crippen LogP contribution in [0.4, 0.5) is 5.82 Å². The molecule has 1 aliphatic rings. The van der Waals surface area contributed by atoms with Crippen LogP contribution in [0.25, 0.3) is 11.0 Å². The SMILES string of the molecule is Br.Br.CN(c1ncnc2c1ccn2S(=O)(=O)c1ccc(CN)cc1)C1CC(N)C1. The van der Waals surface area contributed by atoms with E-state index >= 15 is 0 Å². The summed E-state index contributed by atoms with van der Waals surface area (Å²) < 4.78 is 27.3. The zero-order valence-corrected chi connectivity index (χ0v) is 20.0. The van der Waals surface area contributed by atoms with Crippen LogP contribution in [0, 0.1) is 0 Å². The normalized spacial score (nSPS) is 18.4. The topological polar surface area (TPSA) is 120 Å². The molecule has 1 aromatic carbocycles. The highest BCUT2D eigenvalue weighted by Crippen LogP contribution is 2.31. The fourth-order valence-corrected chi connectivity index (χ4v) is 4.72. The molecule has 0 saturated heterocycles. The zero-order valence-electron chi connectivity index (χ0n) is 15.8. The van der Waals surface area contributed by atoms with Crippen molar-refractivity contribution in [2.75, 3.05) is 11.9 Å². The van der Waals surface area contributed by atoms with Gasteiger partial charge in [0.25, 0.3) is 10.0 Å². The van der Waals surface area contributed by atoms with Gasteiger partial charge in [0.15, 0.2) is 5.65 Å². The van der Waals surface area contributed by atoms with Crippen molar-refractivity contribution in [2.45, 2.75) is 36.4 Å². The molecule has 1 fully saturated rings. The van der Waals surface area contributed by atoms with Crippen molar-refractivity contribution in [2.24, 2.45) is 11.5 Å². The van der Waals surface area contributed by atoms with Crippen LogP contribution >= 0.6 is 34.0 Å². The van der Waals surface area contributed by atoms with Crippen molar-refractivity contribution in [1.29, 1.82) is 0 Å². The number of hydrogen-bond acceptors (Lipinski definition) is 7. The molecule has 4 N–H and O–H groups in total. The van der Waals surface area contributed by atoms with Gasteiger partial charge in [-0.2, -0.15) is 0 Å². The molecule has 3 aromatic rings. The van der Waals surface area contributed by atoms with Crippen molar-refractivity contribution in [1.82, 2.24) is 13.9 Å². The fourth-order valence-electron chi connectivity index (χ4n) is 3.42. The van der Waals surface area contributed by atoms with E-state index in [1.54, 1.807) is 30.3 Å². The van der Waals surface area contributed by atoms with E-state index in [1.807, 2.05) is 7.05 Å². The minimum Gasteiger partial charge on any atom is -0.356 e. The molecule has 29 heavy (non-hydrogen) atoms. The molecule has 11 heteroatoms. The second-order valence-electron chi connectivity index (χ2n) is 6.90. The molecule has 0 aliphatic heterocycles. The van der Waals surface area contributed by atoms with Crippen molar-refractivity contribution in [3.8, 4) is 0 Å². The van der Waals surface area contributed by atoms with Crippen LogP contribution in [0.1, 0.15) is 18.4 Å². The Morgan fingerprint density at radius 1 is 1.14 bits per heavy atom. The van der Waals surface area contributed by atoms with Crippen LogP contribution in [0.5, 0.6) is 0 Å². The Balaban J connectivity index is 0.00000150. The second kappa shape index (κ2) is 9.09. The number of halogens is 2. The average Bonchev–Trinajstić information content (AvgIpc) is 3.10. The van der Waals surface area contributed by atoms with Gasteiger partial charge < -0.3 is 16.4 Å². The van der Waals surface area contributed by atoms with Crippen LogP contribution in [-0.2, 0) is 16.6 Å². The van der Waals surface area contributed by atoms with Gasteiger partial charge in [-0.05, 0) is 36.6 Å². The van der Waals surface area contributed by atoms with E-state index in [-0.39, 0.29) is 44.9 Å². The second-order valence-corrected chi connectivity index (χ2v) is 8.71. The number of nitrogens with zero attached hydrogens (tertiary/aromatic N) is 4. The van der Waals surface area contributed by atoms with Gasteiger partial charge >= 0.3 is 0 Å². The minimum absolute atomic E-state index is 0. The van der Waals surface area contributed by atoms with Gasteiger partial charge in [0.05, 0.1) is 10.3 Å². The minimum atomic E-state index is -3.76. The van der Waals surface area contributed by atoms with Crippen LogP contribution < -0.4 is 16.4 Å². The number of rotatable bonds is 5. The highest BCUT2D eigenvalue weighted by molar-refractivity contribution is 8.93. The van der Waals surface area contributed by atoms with Gasteiger partial charge in [0, 0.05) is 31.9 Å². The van der Waals surface area contributed by atoms with Gasteiger partial charge in [0.1, 0.15) is 12.1 Å². The molecule has 0 radical (unpaired) electrons. The van der Waals surface area contributed by atoms with E-state index in [0.29, 0.717) is 29.4 Å². The monoisotopic (exact) mass is 546 g/mol. The Hall–Kier alpha value is -1.53. The number of aromatic nitrogens is 3. The smallest absolute Gasteiger partial charge is 0.269 e. The summed E-state index contributed by atoms with van der Waals surface area (Å²) in [6.45, 7) is 0.362. The lowest BCUT2D eigenvalue weighted by molar-refractivity contribution is 0.339. The van der Waals surface area contributed by atoms with Gasteiger partial charge in [-0.3, -0.25) is 0 Å². The van der Waals surface area contributed by atoms with Gasteiger partial charge in [0.2, 0.25) is 0 Å². The summed E-state index contributed by atoms with van der Waals surface area (Å²) in [7, 11) is -1.81. The summed E-state index contributed by atoms with van der Waals surface area (Å²) in [5.41, 5.74) is 12.7. The molecule has 1 aliphatic carbocycles. The van der Waals surface area contributed by atoms with Gasteiger partial charge in [-0.25, -0.2) is 22.4 Å². The van der Waals surface area contributed by atoms with Crippen LogP contribution in [0.2, 0.25) is 0 Å². The number of hydrogen-bond donors (Lipinski definition) is 2. The summed E-state index contributed by atoms with van der Waals surface area (Å²) in [5.74, 6) is 0.712. The van der Waals surface area contributed by atoms with Crippen LogP contribution in [0.15, 0.2) is 47.8 Å². The first-order valence-electron chi connectivity index (χ1n) is 8.77. The van der Waals surface area contributed by atoms with E-state index in [2.05, 4.69) is 14.9 Å². The number of nitrogens with two attached hydrogens (primary N) is 2. The number of anilines is 1. The van der Waals surface area contributed by atoms with Crippen LogP contribution in [-0.4, -0.2) is 41.5 Å². The first-order chi connectivity index (χ1) is 12.9. The maximum atomic E-state index is 13.1. The summed E-state index contributed by atoms with van der Waals surface area (Å²) in [4.78, 5) is 10.9. The van der Waals surface area contributed by atoms with E-state index in [4.69, 9.17) is 11.5 Å². The molecule has 8 nitrogen and oxygen atoms in total. The van der Waals surface area contributed by atoms with E-state index < -0.39 is 10.0 Å². The lowest BCUT2D eigenvalue weighted by Gasteiger charge is -2.40. The molecule has 0 spiro atoms. The molecule has 0 bridgehead atoms. The number of fused-ring (bicyclic) bond motifs is 1. The molecular formula is C18H24Br2N6O2S. The Morgan fingerprint density at radius 3 is 2.38 bits per heavy atom. The quantitative estimate of drug-likeness (QED) is 0.502. The number of benzene rings is 1. The average molecular weight is 548 g/mol. The van der Waals surface area contributed by atoms with Crippen molar-refractivity contribution >= 4 is 60.8 Å². The molecule has 0 unspecified atom stereocenters. The fraction of sp³-hybridized carbons (Fsp3) is 0.333. The lowest BCUT2D eigenvalue weighted by Crippen LogP contribution is -2.49. The summed E-state index contributed by atoms with van der Waals surface area (Å²) in [6.07, 6.45) is 4.72. The van der Waals surface area contributed by atoms with Crippen LogP contribution in [0.3, 0.4) is 0 Å². The third-order valence-corrected chi connectivity index (χ3v) is 6.85. The molecule has 2 aromatic heterocycles. The molecule has 158 valence electrons. The summed E-state index contributed by atoms with van der Waals surface area (Å²) >= 11 is 0. The third kappa shape index (κ3) is 4.19. The maximum absolute atomic E-state index is 13.1. The van der Waals surface area contributed by atoms with Crippen molar-refractivity contribution in [3.63, 3.8) is 0 Å². The first-order valence-corrected chi connectivity index (χ1v) is 10.2. The molecule has 2 heterocycles. The van der Waals surface area contributed by atoms with Gasteiger partial charge in [-0.15, -0.1) is 34.0 Å². The highest BCUT2D eigenvalue weighted by atomic mass is 79.9. The van der Waals surface area contributed by atoms with Crippen molar-refractivity contribution in [3.05, 3.63) is 48.4 Å². The Morgan fingerprint density at radius 2 is 1.79 bits per heavy atom. The largest absolute Gasteiger partial charge is 0.356 e. The van der Waals surface area contributed by atoms with E-state index in [0.717, 1.165) is 18.4 Å². The van der Waals surface area contributed by atoms with Crippen molar-refractivity contribution < 1.29 is 8.42 Å².